The highest BCUT2D eigenvalue weighted by atomic mass is 16.6. The summed E-state index contributed by atoms with van der Waals surface area (Å²) in [5.74, 6) is -0.214. The van der Waals surface area contributed by atoms with Crippen molar-refractivity contribution in [1.29, 1.82) is 0 Å². The van der Waals surface area contributed by atoms with E-state index in [0.29, 0.717) is 18.6 Å². The van der Waals surface area contributed by atoms with Crippen LogP contribution in [0.2, 0.25) is 0 Å². The van der Waals surface area contributed by atoms with Crippen LogP contribution < -0.4 is 0 Å². The lowest BCUT2D eigenvalue weighted by molar-refractivity contribution is -0.148. The van der Waals surface area contributed by atoms with E-state index in [1.54, 1.807) is 0 Å². The molecule has 15 heavy (non-hydrogen) atoms. The highest BCUT2D eigenvalue weighted by Gasteiger charge is 2.10. The lowest BCUT2D eigenvalue weighted by Gasteiger charge is -2.17. The third kappa shape index (κ3) is 9.73. The van der Waals surface area contributed by atoms with Crippen molar-refractivity contribution >= 4 is 5.97 Å². The minimum atomic E-state index is -0.158. The van der Waals surface area contributed by atoms with E-state index in [-0.39, 0.29) is 11.9 Å². The molecule has 0 aromatic rings. The summed E-state index contributed by atoms with van der Waals surface area (Å²) in [5.41, 5.74) is 0.300. The number of ether oxygens (including phenoxy) is 2. The van der Waals surface area contributed by atoms with E-state index in [9.17, 15) is 4.79 Å². The van der Waals surface area contributed by atoms with Crippen LogP contribution in [0.15, 0.2) is 0 Å². The average molecular weight is 216 g/mol. The number of hydrogen-bond acceptors (Lipinski definition) is 3. The molecule has 0 heterocycles. The molecular weight excluding hydrogens is 192 g/mol. The van der Waals surface area contributed by atoms with Gasteiger partial charge in [0.05, 0.1) is 12.5 Å². The van der Waals surface area contributed by atoms with E-state index in [1.807, 2.05) is 13.8 Å². The first-order valence-electron chi connectivity index (χ1n) is 5.57. The Morgan fingerprint density at radius 3 is 2.20 bits per heavy atom. The Kier molecular flexibility index (Phi) is 6.57. The number of hydrogen-bond donors (Lipinski definition) is 0. The molecule has 0 fully saturated rings. The molecule has 0 aliphatic rings. The van der Waals surface area contributed by atoms with E-state index in [0.717, 1.165) is 13.0 Å². The average Bonchev–Trinajstić information content (AvgIpc) is 2.08. The van der Waals surface area contributed by atoms with Crippen molar-refractivity contribution in [3.63, 3.8) is 0 Å². The number of esters is 1. The first-order valence-corrected chi connectivity index (χ1v) is 5.57. The Labute approximate surface area is 93.1 Å². The number of rotatable bonds is 6. The zero-order valence-corrected chi connectivity index (χ0v) is 10.6. The normalized spacial score (nSPS) is 11.9. The minimum absolute atomic E-state index is 0.0559. The summed E-state index contributed by atoms with van der Waals surface area (Å²) in [6, 6.07) is 0. The highest BCUT2D eigenvalue weighted by molar-refractivity contribution is 5.71. The second-order valence-electron chi connectivity index (χ2n) is 5.25. The number of carbonyl (C=O) groups is 1. The van der Waals surface area contributed by atoms with Crippen LogP contribution >= 0.6 is 0 Å². The summed E-state index contributed by atoms with van der Waals surface area (Å²) in [4.78, 5) is 11.1. The second kappa shape index (κ2) is 6.83. The molecule has 3 heteroatoms. The zero-order valence-electron chi connectivity index (χ0n) is 10.6. The Balaban J connectivity index is 3.30. The van der Waals surface area contributed by atoms with Crippen molar-refractivity contribution in [3.05, 3.63) is 0 Å². The van der Waals surface area contributed by atoms with Gasteiger partial charge < -0.3 is 9.47 Å². The number of carbonyl (C=O) groups excluding carboxylic acids is 1. The molecule has 0 saturated carbocycles. The summed E-state index contributed by atoms with van der Waals surface area (Å²) in [6.45, 7) is 11.8. The molecule has 0 amide bonds. The van der Waals surface area contributed by atoms with E-state index in [1.165, 1.54) is 0 Å². The molecule has 0 unspecified atom stereocenters. The quantitative estimate of drug-likeness (QED) is 0.506. The maximum Gasteiger partial charge on any atom is 0.308 e. The summed E-state index contributed by atoms with van der Waals surface area (Å²) in [6.07, 6.45) is 1.02. The summed E-state index contributed by atoms with van der Waals surface area (Å²) >= 11 is 0. The van der Waals surface area contributed by atoms with Crippen molar-refractivity contribution in [1.82, 2.24) is 0 Å². The largest absolute Gasteiger partial charge is 0.463 e. The molecule has 0 aromatic carbocycles. The standard InChI is InChI=1S/C12H24O3/c1-10(2)11(13)15-9-8-14-7-6-12(3,4)5/h10H,6-9H2,1-5H3. The lowest BCUT2D eigenvalue weighted by atomic mass is 9.93. The van der Waals surface area contributed by atoms with Crippen LogP contribution in [0.1, 0.15) is 41.0 Å². The van der Waals surface area contributed by atoms with Crippen LogP contribution in [0.5, 0.6) is 0 Å². The van der Waals surface area contributed by atoms with Gasteiger partial charge in [-0.15, -0.1) is 0 Å². The van der Waals surface area contributed by atoms with E-state index in [2.05, 4.69) is 20.8 Å². The summed E-state index contributed by atoms with van der Waals surface area (Å²) in [5, 5.41) is 0. The van der Waals surface area contributed by atoms with Gasteiger partial charge in [-0.2, -0.15) is 0 Å². The fourth-order valence-electron chi connectivity index (χ4n) is 0.848. The molecule has 0 saturated heterocycles. The van der Waals surface area contributed by atoms with Gasteiger partial charge in [-0.1, -0.05) is 34.6 Å². The van der Waals surface area contributed by atoms with Crippen LogP contribution in [0, 0.1) is 11.3 Å². The Hall–Kier alpha value is -0.570. The maximum absolute atomic E-state index is 11.1. The topological polar surface area (TPSA) is 35.5 Å². The van der Waals surface area contributed by atoms with Gasteiger partial charge in [-0.05, 0) is 11.8 Å². The van der Waals surface area contributed by atoms with Gasteiger partial charge in [0.2, 0.25) is 0 Å². The molecular formula is C12H24O3. The predicted molar refractivity (Wildman–Crippen MR) is 60.7 cm³/mol. The molecule has 0 atom stereocenters. The van der Waals surface area contributed by atoms with Crippen LogP contribution in [-0.2, 0) is 14.3 Å². The second-order valence-corrected chi connectivity index (χ2v) is 5.25. The molecule has 0 radical (unpaired) electrons. The monoisotopic (exact) mass is 216 g/mol. The molecule has 0 spiro atoms. The van der Waals surface area contributed by atoms with Crippen LogP contribution in [0.3, 0.4) is 0 Å². The van der Waals surface area contributed by atoms with Gasteiger partial charge in [-0.25, -0.2) is 0 Å². The third-order valence-electron chi connectivity index (χ3n) is 1.94. The van der Waals surface area contributed by atoms with Gasteiger partial charge >= 0.3 is 5.97 Å². The first kappa shape index (κ1) is 14.4. The predicted octanol–water partition coefficient (Wildman–Crippen LogP) is 2.64. The van der Waals surface area contributed by atoms with Gasteiger partial charge in [0, 0.05) is 6.61 Å². The lowest BCUT2D eigenvalue weighted by Crippen LogP contribution is -2.16. The molecule has 0 rings (SSSR count). The molecule has 0 aliphatic heterocycles. The first-order chi connectivity index (χ1) is 6.83. The van der Waals surface area contributed by atoms with E-state index in [4.69, 9.17) is 9.47 Å². The Bertz CT molecular complexity index is 180. The fraction of sp³-hybridized carbons (Fsp3) is 0.917. The maximum atomic E-state index is 11.1. The van der Waals surface area contributed by atoms with E-state index >= 15 is 0 Å². The summed E-state index contributed by atoms with van der Waals surface area (Å²) in [7, 11) is 0. The molecule has 0 aromatic heterocycles. The van der Waals surface area contributed by atoms with Crippen molar-refractivity contribution in [3.8, 4) is 0 Å². The third-order valence-corrected chi connectivity index (χ3v) is 1.94. The molecule has 0 bridgehead atoms. The van der Waals surface area contributed by atoms with Crippen molar-refractivity contribution in [2.75, 3.05) is 19.8 Å². The van der Waals surface area contributed by atoms with Gasteiger partial charge in [0.1, 0.15) is 6.61 Å². The van der Waals surface area contributed by atoms with Crippen molar-refractivity contribution in [2.45, 2.75) is 41.0 Å². The molecule has 0 aliphatic carbocycles. The smallest absolute Gasteiger partial charge is 0.308 e. The van der Waals surface area contributed by atoms with Crippen LogP contribution in [-0.4, -0.2) is 25.8 Å². The van der Waals surface area contributed by atoms with Crippen LogP contribution in [0.25, 0.3) is 0 Å². The molecule has 0 N–H and O–H groups in total. The fourth-order valence-corrected chi connectivity index (χ4v) is 0.848. The minimum Gasteiger partial charge on any atom is -0.463 e. The summed E-state index contributed by atoms with van der Waals surface area (Å²) < 4.78 is 10.3. The van der Waals surface area contributed by atoms with Crippen molar-refractivity contribution < 1.29 is 14.3 Å². The van der Waals surface area contributed by atoms with Gasteiger partial charge in [-0.3, -0.25) is 4.79 Å². The highest BCUT2D eigenvalue weighted by Crippen LogP contribution is 2.17. The Morgan fingerprint density at radius 2 is 1.73 bits per heavy atom. The van der Waals surface area contributed by atoms with E-state index < -0.39 is 0 Å². The zero-order chi connectivity index (χ0) is 11.9. The molecule has 3 nitrogen and oxygen atoms in total. The van der Waals surface area contributed by atoms with Gasteiger partial charge in [0.25, 0.3) is 0 Å². The van der Waals surface area contributed by atoms with Gasteiger partial charge in [0.15, 0.2) is 0 Å². The van der Waals surface area contributed by atoms with Crippen LogP contribution in [0.4, 0.5) is 0 Å². The van der Waals surface area contributed by atoms with Crippen molar-refractivity contribution in [2.24, 2.45) is 11.3 Å². The Morgan fingerprint density at radius 1 is 1.13 bits per heavy atom. The SMILES string of the molecule is CC(C)C(=O)OCCOCCC(C)(C)C. The molecule has 90 valence electrons.